The van der Waals surface area contributed by atoms with E-state index >= 15 is 0 Å². The molecule has 0 amide bonds. The summed E-state index contributed by atoms with van der Waals surface area (Å²) in [5, 5.41) is 0. The highest BCUT2D eigenvalue weighted by atomic mass is 16.7. The number of rotatable bonds is 2. The normalized spacial score (nSPS) is 37.2. The number of carbonyl (C=O) groups is 3. The average Bonchev–Trinajstić information content (AvgIpc) is 2.55. The molecule has 0 bridgehead atoms. The molecule has 2 rings (SSSR count). The molecular formula is C12H16O7. The third kappa shape index (κ3) is 2.86. The van der Waals surface area contributed by atoms with Crippen LogP contribution < -0.4 is 0 Å². The maximum atomic E-state index is 11.6. The molecule has 0 aromatic heterocycles. The largest absolute Gasteiger partial charge is 0.460 e. The van der Waals surface area contributed by atoms with Crippen LogP contribution in [0.15, 0.2) is 0 Å². The lowest BCUT2D eigenvalue weighted by atomic mass is 9.97. The number of esters is 3. The van der Waals surface area contributed by atoms with E-state index in [0.717, 1.165) is 0 Å². The van der Waals surface area contributed by atoms with E-state index in [1.807, 2.05) is 0 Å². The molecule has 0 aromatic carbocycles. The fourth-order valence-corrected chi connectivity index (χ4v) is 2.36. The Morgan fingerprint density at radius 3 is 2.42 bits per heavy atom. The standard InChI is InChI=1S/C12H16O7/c1-5-8(17-6(2)13)4-9-10(16-5)11(12(15)19-9)18-7(3)14/h5,8-11H,4H2,1-3H3/t5-,8+,9+,10?,11?/m0/s1. The number of hydrogen-bond acceptors (Lipinski definition) is 7. The van der Waals surface area contributed by atoms with Crippen molar-refractivity contribution in [3.8, 4) is 0 Å². The van der Waals surface area contributed by atoms with Crippen LogP contribution in [0.25, 0.3) is 0 Å². The first-order valence-corrected chi connectivity index (χ1v) is 6.09. The molecular weight excluding hydrogens is 256 g/mol. The Kier molecular flexibility index (Phi) is 3.75. The van der Waals surface area contributed by atoms with Crippen LogP contribution in [0.3, 0.4) is 0 Å². The lowest BCUT2D eigenvalue weighted by Gasteiger charge is -2.35. The first kappa shape index (κ1) is 13.8. The highest BCUT2D eigenvalue weighted by Crippen LogP contribution is 2.33. The quantitative estimate of drug-likeness (QED) is 0.514. The van der Waals surface area contributed by atoms with Gasteiger partial charge >= 0.3 is 17.9 Å². The van der Waals surface area contributed by atoms with Crippen molar-refractivity contribution >= 4 is 17.9 Å². The molecule has 2 unspecified atom stereocenters. The Balaban J connectivity index is 2.07. The third-order valence-corrected chi connectivity index (χ3v) is 3.13. The average molecular weight is 272 g/mol. The molecule has 7 nitrogen and oxygen atoms in total. The van der Waals surface area contributed by atoms with Crippen LogP contribution in [0.1, 0.15) is 27.2 Å². The molecule has 19 heavy (non-hydrogen) atoms. The van der Waals surface area contributed by atoms with E-state index < -0.39 is 48.4 Å². The van der Waals surface area contributed by atoms with Crippen LogP contribution in [0.2, 0.25) is 0 Å². The molecule has 0 saturated carbocycles. The number of ether oxygens (including phenoxy) is 4. The van der Waals surface area contributed by atoms with E-state index in [2.05, 4.69) is 0 Å². The van der Waals surface area contributed by atoms with Crippen LogP contribution in [-0.2, 0) is 33.3 Å². The van der Waals surface area contributed by atoms with Crippen molar-refractivity contribution in [3.63, 3.8) is 0 Å². The van der Waals surface area contributed by atoms with Crippen molar-refractivity contribution in [1.82, 2.24) is 0 Å². The highest BCUT2D eigenvalue weighted by molar-refractivity contribution is 5.81. The molecule has 0 aromatic rings. The first-order valence-electron chi connectivity index (χ1n) is 6.09. The zero-order chi connectivity index (χ0) is 14.2. The van der Waals surface area contributed by atoms with Gasteiger partial charge in [-0.05, 0) is 6.92 Å². The molecule has 0 radical (unpaired) electrons. The molecule has 2 aliphatic heterocycles. The second-order valence-corrected chi connectivity index (χ2v) is 4.69. The van der Waals surface area contributed by atoms with Crippen LogP contribution in [0.5, 0.6) is 0 Å². The van der Waals surface area contributed by atoms with E-state index in [0.29, 0.717) is 6.42 Å². The van der Waals surface area contributed by atoms with Gasteiger partial charge in [0.15, 0.2) is 0 Å². The lowest BCUT2D eigenvalue weighted by Crippen LogP contribution is -2.49. The number of carbonyl (C=O) groups excluding carboxylic acids is 3. The van der Waals surface area contributed by atoms with Crippen LogP contribution in [0.4, 0.5) is 0 Å². The molecule has 7 heteroatoms. The maximum Gasteiger partial charge on any atom is 0.350 e. The summed E-state index contributed by atoms with van der Waals surface area (Å²) in [5.41, 5.74) is 0. The van der Waals surface area contributed by atoms with Gasteiger partial charge in [0.2, 0.25) is 6.10 Å². The van der Waals surface area contributed by atoms with E-state index in [-0.39, 0.29) is 0 Å². The fourth-order valence-electron chi connectivity index (χ4n) is 2.36. The Labute approximate surface area is 110 Å². The van der Waals surface area contributed by atoms with Gasteiger partial charge in [-0.1, -0.05) is 0 Å². The van der Waals surface area contributed by atoms with Crippen molar-refractivity contribution in [3.05, 3.63) is 0 Å². The number of fused-ring (bicyclic) bond motifs is 1. The van der Waals surface area contributed by atoms with Crippen LogP contribution in [0, 0.1) is 0 Å². The Morgan fingerprint density at radius 1 is 1.21 bits per heavy atom. The third-order valence-electron chi connectivity index (χ3n) is 3.13. The minimum atomic E-state index is -1.04. The van der Waals surface area contributed by atoms with Gasteiger partial charge in [-0.3, -0.25) is 9.59 Å². The Hall–Kier alpha value is -1.63. The molecule has 0 spiro atoms. The molecule has 2 saturated heterocycles. The van der Waals surface area contributed by atoms with Crippen molar-refractivity contribution in [2.45, 2.75) is 57.7 Å². The fraction of sp³-hybridized carbons (Fsp3) is 0.750. The van der Waals surface area contributed by atoms with Crippen molar-refractivity contribution < 1.29 is 33.3 Å². The van der Waals surface area contributed by atoms with Crippen LogP contribution >= 0.6 is 0 Å². The second-order valence-electron chi connectivity index (χ2n) is 4.69. The maximum absolute atomic E-state index is 11.6. The molecule has 2 aliphatic rings. The summed E-state index contributed by atoms with van der Waals surface area (Å²) >= 11 is 0. The summed E-state index contributed by atoms with van der Waals surface area (Å²) in [6.07, 6.45) is -2.76. The molecule has 5 atom stereocenters. The molecule has 0 N–H and O–H groups in total. The lowest BCUT2D eigenvalue weighted by molar-refractivity contribution is -0.188. The molecule has 2 fully saturated rings. The molecule has 106 valence electrons. The van der Waals surface area contributed by atoms with Crippen LogP contribution in [-0.4, -0.2) is 48.4 Å². The van der Waals surface area contributed by atoms with Gasteiger partial charge in [0.1, 0.15) is 18.3 Å². The summed E-state index contributed by atoms with van der Waals surface area (Å²) < 4.78 is 20.7. The summed E-state index contributed by atoms with van der Waals surface area (Å²) in [6.45, 7) is 4.26. The Bertz CT molecular complexity index is 405. The van der Waals surface area contributed by atoms with Crippen molar-refractivity contribution in [2.75, 3.05) is 0 Å². The number of hydrogen-bond donors (Lipinski definition) is 0. The van der Waals surface area contributed by atoms with Gasteiger partial charge in [0.25, 0.3) is 0 Å². The monoisotopic (exact) mass is 272 g/mol. The predicted molar refractivity (Wildman–Crippen MR) is 59.9 cm³/mol. The SMILES string of the molecule is CC(=O)OC1C(=O)O[C@@H]2C[C@@H](OC(C)=O)[C@H](C)OC12. The molecule has 2 heterocycles. The van der Waals surface area contributed by atoms with Gasteiger partial charge in [0.05, 0.1) is 6.10 Å². The summed E-state index contributed by atoms with van der Waals surface area (Å²) in [6, 6.07) is 0. The van der Waals surface area contributed by atoms with Gasteiger partial charge in [-0.25, -0.2) is 4.79 Å². The predicted octanol–water partition coefficient (Wildman–Crippen LogP) is -0.0474. The zero-order valence-corrected chi connectivity index (χ0v) is 11.0. The minimum absolute atomic E-state index is 0.342. The van der Waals surface area contributed by atoms with E-state index in [1.54, 1.807) is 6.92 Å². The minimum Gasteiger partial charge on any atom is -0.460 e. The van der Waals surface area contributed by atoms with Gasteiger partial charge in [-0.2, -0.15) is 0 Å². The zero-order valence-electron chi connectivity index (χ0n) is 11.0. The van der Waals surface area contributed by atoms with Gasteiger partial charge in [-0.15, -0.1) is 0 Å². The van der Waals surface area contributed by atoms with Crippen molar-refractivity contribution in [2.24, 2.45) is 0 Å². The van der Waals surface area contributed by atoms with Gasteiger partial charge < -0.3 is 18.9 Å². The van der Waals surface area contributed by atoms with Gasteiger partial charge in [0, 0.05) is 20.3 Å². The highest BCUT2D eigenvalue weighted by Gasteiger charge is 2.53. The summed E-state index contributed by atoms with van der Waals surface area (Å²) in [4.78, 5) is 33.5. The molecule has 0 aliphatic carbocycles. The van der Waals surface area contributed by atoms with Crippen molar-refractivity contribution in [1.29, 1.82) is 0 Å². The smallest absolute Gasteiger partial charge is 0.350 e. The van der Waals surface area contributed by atoms with E-state index in [1.165, 1.54) is 13.8 Å². The second kappa shape index (κ2) is 5.16. The first-order chi connectivity index (χ1) is 8.88. The van der Waals surface area contributed by atoms with E-state index in [9.17, 15) is 14.4 Å². The Morgan fingerprint density at radius 2 is 1.84 bits per heavy atom. The van der Waals surface area contributed by atoms with E-state index in [4.69, 9.17) is 18.9 Å². The summed E-state index contributed by atoms with van der Waals surface area (Å²) in [5.74, 6) is -1.61. The topological polar surface area (TPSA) is 88.1 Å². The summed E-state index contributed by atoms with van der Waals surface area (Å²) in [7, 11) is 0.